The number of hydrogen-bond donors (Lipinski definition) is 0. The number of rotatable bonds is 4. The lowest BCUT2D eigenvalue weighted by atomic mass is 10.0. The highest BCUT2D eigenvalue weighted by Gasteiger charge is 2.26. The summed E-state index contributed by atoms with van der Waals surface area (Å²) in [6, 6.07) is 14.5. The van der Waals surface area contributed by atoms with Gasteiger partial charge >= 0.3 is 5.63 Å². The van der Waals surface area contributed by atoms with Gasteiger partial charge in [-0.3, -0.25) is 4.90 Å². The molecule has 2 aromatic carbocycles. The van der Waals surface area contributed by atoms with Gasteiger partial charge in [-0.05, 0) is 67.6 Å². The van der Waals surface area contributed by atoms with Crippen LogP contribution in [0, 0.1) is 13.8 Å². The van der Waals surface area contributed by atoms with Crippen LogP contribution in [0.5, 0.6) is 5.75 Å². The summed E-state index contributed by atoms with van der Waals surface area (Å²) in [4.78, 5) is 14.6. The Balaban J connectivity index is 1.68. The molecule has 0 aliphatic carbocycles. The summed E-state index contributed by atoms with van der Waals surface area (Å²) in [5.74, 6) is 0.876. The van der Waals surface area contributed by atoms with Crippen LogP contribution in [0.4, 0.5) is 0 Å². The zero-order chi connectivity index (χ0) is 19.0. The van der Waals surface area contributed by atoms with E-state index in [1.807, 2.05) is 26.0 Å². The van der Waals surface area contributed by atoms with Crippen molar-refractivity contribution in [3.05, 3.63) is 75.1 Å². The van der Waals surface area contributed by atoms with Crippen LogP contribution in [-0.2, 0) is 6.54 Å². The summed E-state index contributed by atoms with van der Waals surface area (Å²) in [6.07, 6.45) is 2.29. The van der Waals surface area contributed by atoms with Gasteiger partial charge in [0.25, 0.3) is 0 Å². The van der Waals surface area contributed by atoms with Gasteiger partial charge in [-0.2, -0.15) is 0 Å². The molecule has 1 atom stereocenters. The Morgan fingerprint density at radius 3 is 2.67 bits per heavy atom. The molecular weight excluding hydrogens is 338 g/mol. The monoisotopic (exact) mass is 363 g/mol. The molecule has 1 aromatic heterocycles. The second kappa shape index (κ2) is 7.20. The molecule has 0 spiro atoms. The molecule has 0 saturated carbocycles. The van der Waals surface area contributed by atoms with Crippen LogP contribution in [-0.4, -0.2) is 18.6 Å². The third-order valence-corrected chi connectivity index (χ3v) is 5.76. The Kier molecular flexibility index (Phi) is 4.75. The summed E-state index contributed by atoms with van der Waals surface area (Å²) in [7, 11) is 1.69. The van der Waals surface area contributed by atoms with Crippen molar-refractivity contribution in [2.24, 2.45) is 0 Å². The van der Waals surface area contributed by atoms with E-state index in [0.29, 0.717) is 6.04 Å². The molecule has 4 heteroatoms. The standard InChI is InChI=1S/C23H25NO3/c1-15-6-11-20-18(13-22(25)27-23(20)16(15)2)14-24-12-4-5-21(24)17-7-9-19(26-3)10-8-17/h6-11,13,21H,4-5,12,14H2,1-3H3/t21-/m1/s1. The molecule has 4 rings (SSSR count). The van der Waals surface area contributed by atoms with Crippen LogP contribution in [0.25, 0.3) is 11.0 Å². The van der Waals surface area contributed by atoms with Crippen LogP contribution >= 0.6 is 0 Å². The molecule has 0 radical (unpaired) electrons. The van der Waals surface area contributed by atoms with Crippen LogP contribution in [0.15, 0.2) is 51.7 Å². The molecule has 27 heavy (non-hydrogen) atoms. The van der Waals surface area contributed by atoms with Gasteiger partial charge < -0.3 is 9.15 Å². The minimum absolute atomic E-state index is 0.272. The lowest BCUT2D eigenvalue weighted by Gasteiger charge is -2.25. The Labute approximate surface area is 159 Å². The number of benzene rings is 2. The quantitative estimate of drug-likeness (QED) is 0.627. The second-order valence-electron chi connectivity index (χ2n) is 7.38. The highest BCUT2D eigenvalue weighted by molar-refractivity contribution is 5.83. The molecular formula is C23H25NO3. The third kappa shape index (κ3) is 3.37. The van der Waals surface area contributed by atoms with Crippen molar-refractivity contribution in [1.82, 2.24) is 4.90 Å². The Morgan fingerprint density at radius 2 is 1.93 bits per heavy atom. The van der Waals surface area contributed by atoms with E-state index in [9.17, 15) is 4.79 Å². The maximum atomic E-state index is 12.2. The zero-order valence-electron chi connectivity index (χ0n) is 16.1. The maximum absolute atomic E-state index is 12.2. The summed E-state index contributed by atoms with van der Waals surface area (Å²) in [5, 5.41) is 1.04. The van der Waals surface area contributed by atoms with E-state index >= 15 is 0 Å². The van der Waals surface area contributed by atoms with Crippen molar-refractivity contribution in [1.29, 1.82) is 0 Å². The van der Waals surface area contributed by atoms with Crippen molar-refractivity contribution >= 4 is 11.0 Å². The van der Waals surface area contributed by atoms with E-state index in [2.05, 4.69) is 29.2 Å². The fraction of sp³-hybridized carbons (Fsp3) is 0.348. The lowest BCUT2D eigenvalue weighted by Crippen LogP contribution is -2.23. The largest absolute Gasteiger partial charge is 0.497 e. The molecule has 2 heterocycles. The van der Waals surface area contributed by atoms with E-state index in [4.69, 9.17) is 9.15 Å². The zero-order valence-corrected chi connectivity index (χ0v) is 16.1. The second-order valence-corrected chi connectivity index (χ2v) is 7.38. The predicted octanol–water partition coefficient (Wildman–Crippen LogP) is 4.76. The van der Waals surface area contributed by atoms with Gasteiger partial charge in [0.1, 0.15) is 11.3 Å². The molecule has 0 bridgehead atoms. The molecule has 0 amide bonds. The van der Waals surface area contributed by atoms with Gasteiger partial charge in [0.15, 0.2) is 0 Å². The number of fused-ring (bicyclic) bond motifs is 1. The van der Waals surface area contributed by atoms with Gasteiger partial charge in [-0.25, -0.2) is 4.79 Å². The maximum Gasteiger partial charge on any atom is 0.336 e. The van der Waals surface area contributed by atoms with Gasteiger partial charge in [0.2, 0.25) is 0 Å². The van der Waals surface area contributed by atoms with Crippen LogP contribution in [0.2, 0.25) is 0 Å². The molecule has 1 aliphatic heterocycles. The van der Waals surface area contributed by atoms with Crippen molar-refractivity contribution < 1.29 is 9.15 Å². The van der Waals surface area contributed by atoms with E-state index in [-0.39, 0.29) is 5.63 Å². The first-order valence-electron chi connectivity index (χ1n) is 9.48. The molecule has 1 aliphatic rings. The third-order valence-electron chi connectivity index (χ3n) is 5.76. The van der Waals surface area contributed by atoms with E-state index < -0.39 is 0 Å². The summed E-state index contributed by atoms with van der Waals surface area (Å²) < 4.78 is 10.8. The first kappa shape index (κ1) is 17.8. The predicted molar refractivity (Wildman–Crippen MR) is 107 cm³/mol. The van der Waals surface area contributed by atoms with Crippen molar-refractivity contribution in [2.75, 3.05) is 13.7 Å². The fourth-order valence-electron chi connectivity index (χ4n) is 4.09. The average Bonchev–Trinajstić information content (AvgIpc) is 3.13. The van der Waals surface area contributed by atoms with Crippen molar-refractivity contribution in [3.8, 4) is 5.75 Å². The minimum atomic E-state index is -0.272. The van der Waals surface area contributed by atoms with Gasteiger partial charge in [0, 0.05) is 24.0 Å². The highest BCUT2D eigenvalue weighted by Crippen LogP contribution is 2.35. The van der Waals surface area contributed by atoms with Crippen LogP contribution in [0.3, 0.4) is 0 Å². The van der Waals surface area contributed by atoms with Crippen LogP contribution in [0.1, 0.15) is 41.1 Å². The van der Waals surface area contributed by atoms with E-state index in [0.717, 1.165) is 59.3 Å². The van der Waals surface area contributed by atoms with Crippen molar-refractivity contribution in [3.63, 3.8) is 0 Å². The van der Waals surface area contributed by atoms with Gasteiger partial charge in [-0.15, -0.1) is 0 Å². The normalized spacial score (nSPS) is 17.5. The van der Waals surface area contributed by atoms with Gasteiger partial charge in [-0.1, -0.05) is 24.3 Å². The Morgan fingerprint density at radius 1 is 1.15 bits per heavy atom. The number of ether oxygens (including phenoxy) is 1. The summed E-state index contributed by atoms with van der Waals surface area (Å²) >= 11 is 0. The molecule has 140 valence electrons. The van der Waals surface area contributed by atoms with Gasteiger partial charge in [0.05, 0.1) is 7.11 Å². The smallest absolute Gasteiger partial charge is 0.336 e. The number of methoxy groups -OCH3 is 1. The average molecular weight is 363 g/mol. The summed E-state index contributed by atoms with van der Waals surface area (Å²) in [5.41, 5.74) is 4.97. The number of likely N-dealkylation sites (tertiary alicyclic amines) is 1. The lowest BCUT2D eigenvalue weighted by molar-refractivity contribution is 0.249. The first-order valence-corrected chi connectivity index (χ1v) is 9.48. The molecule has 1 fully saturated rings. The van der Waals surface area contributed by atoms with E-state index in [1.54, 1.807) is 13.2 Å². The summed E-state index contributed by atoms with van der Waals surface area (Å²) in [6.45, 7) is 5.84. The fourth-order valence-corrected chi connectivity index (χ4v) is 4.09. The number of hydrogen-bond acceptors (Lipinski definition) is 4. The van der Waals surface area contributed by atoms with E-state index in [1.165, 1.54) is 5.56 Å². The highest BCUT2D eigenvalue weighted by atomic mass is 16.5. The Bertz CT molecular complexity index is 1020. The molecule has 0 N–H and O–H groups in total. The number of nitrogens with zero attached hydrogens (tertiary/aromatic N) is 1. The number of aryl methyl sites for hydroxylation is 2. The SMILES string of the molecule is COc1ccc([C@H]2CCCN2Cc2cc(=O)oc3c(C)c(C)ccc23)cc1. The van der Waals surface area contributed by atoms with Crippen LogP contribution < -0.4 is 10.4 Å². The minimum Gasteiger partial charge on any atom is -0.497 e. The molecule has 1 saturated heterocycles. The molecule has 0 unspecified atom stereocenters. The topological polar surface area (TPSA) is 42.7 Å². The Hall–Kier alpha value is -2.59. The molecule has 4 nitrogen and oxygen atoms in total. The first-order chi connectivity index (χ1) is 13.1. The molecule has 3 aromatic rings. The van der Waals surface area contributed by atoms with Crippen molar-refractivity contribution in [2.45, 2.75) is 39.3 Å².